The maximum Gasteiger partial charge on any atom is 0.326 e. The summed E-state index contributed by atoms with van der Waals surface area (Å²) in [6.07, 6.45) is 9.51. The van der Waals surface area contributed by atoms with Gasteiger partial charge in [-0.2, -0.15) is 0 Å². The molecule has 5 rings (SSSR count). The number of aromatic nitrogens is 2. The Morgan fingerprint density at radius 1 is 0.868 bits per heavy atom. The number of methoxy groups -OCH3 is 1. The van der Waals surface area contributed by atoms with Crippen LogP contribution in [0.15, 0.2) is 85.2 Å². The lowest BCUT2D eigenvalue weighted by molar-refractivity contribution is -0.148. The number of benzene rings is 3. The Labute approximate surface area is 313 Å². The third kappa shape index (κ3) is 10.5. The third-order valence-electron chi connectivity index (χ3n) is 9.79. The number of carboxylic acid groups (broad SMARTS) is 1. The second-order valence-electron chi connectivity index (χ2n) is 14.8. The lowest BCUT2D eigenvalue weighted by Gasteiger charge is -2.27. The number of unbranched alkanes of at least 4 members (excludes halogenated alkanes) is 4. The van der Waals surface area contributed by atoms with Gasteiger partial charge >= 0.3 is 5.97 Å². The van der Waals surface area contributed by atoms with Crippen molar-refractivity contribution in [2.24, 2.45) is 0 Å². The molecule has 0 bridgehead atoms. The maximum atomic E-state index is 14.0. The van der Waals surface area contributed by atoms with Crippen molar-refractivity contribution < 1.29 is 29.0 Å². The molecule has 3 atom stereocenters. The summed E-state index contributed by atoms with van der Waals surface area (Å²) in [7, 11) is 1.50. The molecular weight excluding hydrogens is 668 g/mol. The van der Waals surface area contributed by atoms with Gasteiger partial charge in [0.05, 0.1) is 12.7 Å². The molecule has 0 radical (unpaired) electrons. The molecule has 1 fully saturated rings. The monoisotopic (exact) mass is 720 g/mol. The van der Waals surface area contributed by atoms with Crippen molar-refractivity contribution >= 4 is 17.8 Å². The molecule has 1 aromatic heterocycles. The van der Waals surface area contributed by atoms with Gasteiger partial charge in [-0.1, -0.05) is 102 Å². The number of carboxylic acids is 1. The third-order valence-corrected chi connectivity index (χ3v) is 9.79. The minimum absolute atomic E-state index is 0.0824. The van der Waals surface area contributed by atoms with Crippen molar-refractivity contribution in [3.8, 4) is 28.3 Å². The quantitative estimate of drug-likeness (QED) is 0.114. The van der Waals surface area contributed by atoms with Crippen molar-refractivity contribution in [1.29, 1.82) is 0 Å². The summed E-state index contributed by atoms with van der Waals surface area (Å²) in [5.41, 5.74) is 4.86. The zero-order valence-electron chi connectivity index (χ0n) is 31.5. The van der Waals surface area contributed by atoms with E-state index in [1.807, 2.05) is 60.7 Å². The van der Waals surface area contributed by atoms with Gasteiger partial charge in [0.25, 0.3) is 5.91 Å². The van der Waals surface area contributed by atoms with Crippen molar-refractivity contribution in [2.75, 3.05) is 20.3 Å². The number of carbonyl (C=O) groups is 3. The molecule has 280 valence electrons. The fourth-order valence-corrected chi connectivity index (χ4v) is 6.50. The number of hydrogen-bond donors (Lipinski definition) is 2. The molecule has 10 heteroatoms. The van der Waals surface area contributed by atoms with Crippen molar-refractivity contribution in [2.45, 2.75) is 96.2 Å². The summed E-state index contributed by atoms with van der Waals surface area (Å²) in [5, 5.41) is 12.8. The molecule has 2 heterocycles. The van der Waals surface area contributed by atoms with E-state index in [0.717, 1.165) is 46.6 Å². The number of rotatable bonds is 16. The van der Waals surface area contributed by atoms with E-state index in [1.165, 1.54) is 37.7 Å². The molecular formula is C43H52N4O6. The molecule has 10 nitrogen and oxygen atoms in total. The smallest absolute Gasteiger partial charge is 0.326 e. The van der Waals surface area contributed by atoms with Crippen LogP contribution in [0.3, 0.4) is 0 Å². The highest BCUT2D eigenvalue weighted by Gasteiger charge is 2.42. The molecule has 0 saturated carbocycles. The van der Waals surface area contributed by atoms with E-state index in [2.05, 4.69) is 43.0 Å². The highest BCUT2D eigenvalue weighted by molar-refractivity contribution is 5.98. The fourth-order valence-electron chi connectivity index (χ4n) is 6.50. The number of nitrogens with zero attached hydrogens (tertiary/aromatic N) is 3. The first-order valence-corrected chi connectivity index (χ1v) is 18.6. The number of likely N-dealkylation sites (tertiary alicyclic amines) is 1. The predicted molar refractivity (Wildman–Crippen MR) is 206 cm³/mol. The maximum absolute atomic E-state index is 14.0. The summed E-state index contributed by atoms with van der Waals surface area (Å²) < 4.78 is 11.3. The number of hydrogen-bond acceptors (Lipinski definition) is 7. The first-order valence-electron chi connectivity index (χ1n) is 18.6. The summed E-state index contributed by atoms with van der Waals surface area (Å²) in [6, 6.07) is 20.7. The van der Waals surface area contributed by atoms with Crippen molar-refractivity contribution in [3.05, 3.63) is 102 Å². The van der Waals surface area contributed by atoms with Crippen LogP contribution in [0.25, 0.3) is 22.5 Å². The SMILES string of the molecule is CCCCCCCOc1ccc(-c2cnc(-c3ccc(CC(NC(=O)c4ccc(C(C)(C)C)cc4)C(=O)N4CC(OC)CC4C(=O)O)cc3)nc2)cc1. The largest absolute Gasteiger partial charge is 0.494 e. The topological polar surface area (TPSA) is 131 Å². The van der Waals surface area contributed by atoms with Gasteiger partial charge in [-0.25, -0.2) is 14.8 Å². The molecule has 0 aliphatic carbocycles. The highest BCUT2D eigenvalue weighted by Crippen LogP contribution is 2.26. The van der Waals surface area contributed by atoms with Crippen LogP contribution in [0.4, 0.5) is 0 Å². The van der Waals surface area contributed by atoms with Crippen LogP contribution in [-0.4, -0.2) is 76.2 Å². The first-order chi connectivity index (χ1) is 25.5. The van der Waals surface area contributed by atoms with Gasteiger partial charge < -0.3 is 24.8 Å². The Morgan fingerprint density at radius 3 is 2.11 bits per heavy atom. The van der Waals surface area contributed by atoms with Gasteiger partial charge in [0.15, 0.2) is 5.82 Å². The normalized spacial score (nSPS) is 16.3. The second-order valence-corrected chi connectivity index (χ2v) is 14.8. The number of ether oxygens (including phenoxy) is 2. The Kier molecular flexibility index (Phi) is 13.4. The Hall–Kier alpha value is -5.09. The summed E-state index contributed by atoms with van der Waals surface area (Å²) in [5.74, 6) is -0.591. The van der Waals surface area contributed by atoms with E-state index in [0.29, 0.717) is 11.4 Å². The van der Waals surface area contributed by atoms with Crippen LogP contribution >= 0.6 is 0 Å². The molecule has 2 N–H and O–H groups in total. The summed E-state index contributed by atoms with van der Waals surface area (Å²) >= 11 is 0. The lowest BCUT2D eigenvalue weighted by Crippen LogP contribution is -2.52. The predicted octanol–water partition coefficient (Wildman–Crippen LogP) is 7.50. The van der Waals surface area contributed by atoms with Crippen LogP contribution < -0.4 is 10.1 Å². The standard InChI is InChI=1S/C43H52N4O6/c1-6-7-8-9-10-23-53-35-21-17-30(18-22-35)33-26-44-39(45-27-33)31-13-11-29(12-14-31)24-37(41(49)47-28-36(52-5)25-38(47)42(50)51)46-40(48)32-15-19-34(20-16-32)43(2,3)4/h11-22,26-27,36-38H,6-10,23-25,28H2,1-5H3,(H,46,48)(H,50,51). The Morgan fingerprint density at radius 2 is 1.51 bits per heavy atom. The minimum atomic E-state index is -1.11. The van der Waals surface area contributed by atoms with E-state index in [-0.39, 0.29) is 24.8 Å². The van der Waals surface area contributed by atoms with E-state index < -0.39 is 36.0 Å². The van der Waals surface area contributed by atoms with Gasteiger partial charge in [0, 0.05) is 55.6 Å². The van der Waals surface area contributed by atoms with Crippen molar-refractivity contribution in [1.82, 2.24) is 20.2 Å². The molecule has 3 unspecified atom stereocenters. The Bertz CT molecular complexity index is 1800. The van der Waals surface area contributed by atoms with Crippen LogP contribution in [0.2, 0.25) is 0 Å². The molecule has 4 aromatic rings. The van der Waals surface area contributed by atoms with Crippen LogP contribution in [0.5, 0.6) is 5.75 Å². The van der Waals surface area contributed by atoms with E-state index in [9.17, 15) is 19.5 Å². The second kappa shape index (κ2) is 18.1. The fraction of sp³-hybridized carbons (Fsp3) is 0.419. The van der Waals surface area contributed by atoms with Gasteiger partial charge in [0.1, 0.15) is 17.8 Å². The number of carbonyl (C=O) groups excluding carboxylic acids is 2. The van der Waals surface area contributed by atoms with Gasteiger partial charge in [0.2, 0.25) is 5.91 Å². The number of aliphatic carboxylic acids is 1. The lowest BCUT2D eigenvalue weighted by atomic mass is 9.86. The average Bonchev–Trinajstić information content (AvgIpc) is 3.61. The van der Waals surface area contributed by atoms with Crippen LogP contribution in [0, 0.1) is 0 Å². The molecule has 0 spiro atoms. The van der Waals surface area contributed by atoms with Gasteiger partial charge in [-0.3, -0.25) is 9.59 Å². The summed E-state index contributed by atoms with van der Waals surface area (Å²) in [6.45, 7) is 9.35. The van der Waals surface area contributed by atoms with E-state index in [1.54, 1.807) is 24.5 Å². The molecule has 2 amide bonds. The first kappa shape index (κ1) is 39.1. The zero-order valence-corrected chi connectivity index (χ0v) is 31.5. The number of amides is 2. The highest BCUT2D eigenvalue weighted by atomic mass is 16.5. The minimum Gasteiger partial charge on any atom is -0.494 e. The molecule has 1 aliphatic rings. The van der Waals surface area contributed by atoms with E-state index in [4.69, 9.17) is 9.47 Å². The van der Waals surface area contributed by atoms with Gasteiger partial charge in [-0.15, -0.1) is 0 Å². The van der Waals surface area contributed by atoms with Crippen LogP contribution in [0.1, 0.15) is 87.7 Å². The molecule has 1 saturated heterocycles. The summed E-state index contributed by atoms with van der Waals surface area (Å²) in [4.78, 5) is 50.1. The van der Waals surface area contributed by atoms with E-state index >= 15 is 0 Å². The van der Waals surface area contributed by atoms with Crippen molar-refractivity contribution in [3.63, 3.8) is 0 Å². The van der Waals surface area contributed by atoms with Gasteiger partial charge in [-0.05, 0) is 52.8 Å². The van der Waals surface area contributed by atoms with Crippen LogP contribution in [-0.2, 0) is 26.2 Å². The molecule has 3 aromatic carbocycles. The number of nitrogens with one attached hydrogen (secondary N) is 1. The zero-order chi connectivity index (χ0) is 38.0. The molecule has 53 heavy (non-hydrogen) atoms. The Balaban J connectivity index is 1.27. The molecule has 1 aliphatic heterocycles. The average molecular weight is 721 g/mol.